The molecule has 0 spiro atoms. The zero-order valence-electron chi connectivity index (χ0n) is 12.3. The Labute approximate surface area is 121 Å². The molecule has 0 saturated carbocycles. The van der Waals surface area contributed by atoms with Crippen LogP contribution in [0.2, 0.25) is 0 Å². The number of hydrogen-bond donors (Lipinski definition) is 1. The lowest BCUT2D eigenvalue weighted by molar-refractivity contribution is 0.360. The lowest BCUT2D eigenvalue weighted by Crippen LogP contribution is -2.58. The van der Waals surface area contributed by atoms with E-state index in [2.05, 4.69) is 36.9 Å². The Balaban J connectivity index is 2.33. The molecular weight excluding hydrogens is 272 g/mol. The third-order valence-corrected chi connectivity index (χ3v) is 5.99. The molecule has 1 saturated heterocycles. The maximum absolute atomic E-state index is 11.7. The molecule has 0 aliphatic carbocycles. The molecule has 0 aromatic heterocycles. The van der Waals surface area contributed by atoms with Gasteiger partial charge in [0, 0.05) is 18.8 Å². The van der Waals surface area contributed by atoms with Gasteiger partial charge >= 0.3 is 0 Å². The summed E-state index contributed by atoms with van der Waals surface area (Å²) in [5.41, 5.74) is 8.16. The van der Waals surface area contributed by atoms with Gasteiger partial charge in [0.15, 0.2) is 9.84 Å². The van der Waals surface area contributed by atoms with Crippen LogP contribution in [0.5, 0.6) is 0 Å². The third-order valence-electron chi connectivity index (χ3n) is 4.34. The number of anilines is 1. The highest BCUT2D eigenvalue weighted by Crippen LogP contribution is 2.33. The smallest absolute Gasteiger partial charge is 0.150 e. The average Bonchev–Trinajstić information content (AvgIpc) is 2.42. The first-order valence-corrected chi connectivity index (χ1v) is 8.99. The first kappa shape index (κ1) is 15.3. The van der Waals surface area contributed by atoms with Gasteiger partial charge in [-0.3, -0.25) is 0 Å². The summed E-state index contributed by atoms with van der Waals surface area (Å²) in [6, 6.07) is 8.33. The lowest BCUT2D eigenvalue weighted by Gasteiger charge is -2.47. The van der Waals surface area contributed by atoms with Crippen molar-refractivity contribution in [2.75, 3.05) is 29.5 Å². The van der Waals surface area contributed by atoms with E-state index in [9.17, 15) is 8.42 Å². The summed E-state index contributed by atoms with van der Waals surface area (Å²) in [6.45, 7) is 5.49. The minimum absolute atomic E-state index is 0.228. The molecule has 2 rings (SSSR count). The molecule has 1 aromatic rings. The van der Waals surface area contributed by atoms with E-state index >= 15 is 0 Å². The molecule has 1 aliphatic rings. The van der Waals surface area contributed by atoms with Crippen LogP contribution in [-0.2, 0) is 9.84 Å². The summed E-state index contributed by atoms with van der Waals surface area (Å²) >= 11 is 0. The van der Waals surface area contributed by atoms with Gasteiger partial charge < -0.3 is 10.6 Å². The van der Waals surface area contributed by atoms with Crippen LogP contribution in [0.15, 0.2) is 24.3 Å². The number of sulfone groups is 1. The van der Waals surface area contributed by atoms with Crippen LogP contribution in [0.25, 0.3) is 0 Å². The van der Waals surface area contributed by atoms with Gasteiger partial charge in [-0.1, -0.05) is 12.1 Å². The number of benzene rings is 1. The zero-order chi connectivity index (χ0) is 14.8. The number of aryl methyl sites for hydroxylation is 1. The zero-order valence-corrected chi connectivity index (χ0v) is 13.1. The topological polar surface area (TPSA) is 63.4 Å². The van der Waals surface area contributed by atoms with Gasteiger partial charge in [0.1, 0.15) is 0 Å². The molecule has 0 bridgehead atoms. The van der Waals surface area contributed by atoms with E-state index in [4.69, 9.17) is 5.73 Å². The van der Waals surface area contributed by atoms with Gasteiger partial charge in [-0.05, 0) is 44.4 Å². The van der Waals surface area contributed by atoms with E-state index in [1.807, 2.05) is 6.07 Å². The number of rotatable bonds is 4. The molecule has 0 radical (unpaired) electrons. The molecule has 20 heavy (non-hydrogen) atoms. The van der Waals surface area contributed by atoms with Crippen LogP contribution in [0, 0.1) is 6.92 Å². The molecular formula is C15H24N2O2S. The molecule has 5 heteroatoms. The second kappa shape index (κ2) is 5.74. The summed E-state index contributed by atoms with van der Waals surface area (Å²) in [7, 11) is -2.88. The average molecular weight is 296 g/mol. The largest absolute Gasteiger partial charge is 0.365 e. The van der Waals surface area contributed by atoms with Crippen LogP contribution < -0.4 is 10.6 Å². The number of nitrogens with two attached hydrogens (primary N) is 1. The van der Waals surface area contributed by atoms with Gasteiger partial charge in [0.25, 0.3) is 0 Å². The summed E-state index contributed by atoms with van der Waals surface area (Å²) in [6.07, 6.45) is 1.24. The van der Waals surface area contributed by atoms with Crippen molar-refractivity contribution in [1.82, 2.24) is 0 Å². The molecule has 2 N–H and O–H groups in total. The SMILES string of the molecule is CCN(c1cccc(C)c1)C1(CN)CCS(=O)(=O)CC1. The molecule has 1 aliphatic heterocycles. The van der Waals surface area contributed by atoms with Crippen molar-refractivity contribution in [3.05, 3.63) is 29.8 Å². The Kier molecular flexibility index (Phi) is 4.39. The number of likely N-dealkylation sites (N-methyl/N-ethyl adjacent to an activating group) is 1. The van der Waals surface area contributed by atoms with Gasteiger partial charge in [0.05, 0.1) is 17.0 Å². The van der Waals surface area contributed by atoms with Crippen LogP contribution in [-0.4, -0.2) is 38.6 Å². The molecule has 0 amide bonds. The fraction of sp³-hybridized carbons (Fsp3) is 0.600. The lowest BCUT2D eigenvalue weighted by atomic mass is 9.89. The first-order valence-electron chi connectivity index (χ1n) is 7.17. The van der Waals surface area contributed by atoms with Gasteiger partial charge in [0.2, 0.25) is 0 Å². The second-order valence-corrected chi connectivity index (χ2v) is 7.97. The summed E-state index contributed by atoms with van der Waals surface area (Å²) in [4.78, 5) is 2.29. The molecule has 0 unspecified atom stereocenters. The molecule has 1 fully saturated rings. The van der Waals surface area contributed by atoms with Crippen LogP contribution >= 0.6 is 0 Å². The highest BCUT2D eigenvalue weighted by molar-refractivity contribution is 7.91. The van der Waals surface area contributed by atoms with Gasteiger partial charge in [-0.25, -0.2) is 8.42 Å². The van der Waals surface area contributed by atoms with E-state index in [1.165, 1.54) is 5.56 Å². The quantitative estimate of drug-likeness (QED) is 0.919. The van der Waals surface area contributed by atoms with Crippen LogP contribution in [0.3, 0.4) is 0 Å². The van der Waals surface area contributed by atoms with E-state index in [1.54, 1.807) is 0 Å². The standard InChI is InChI=1S/C15H24N2O2S/c1-3-17(14-6-4-5-13(2)11-14)15(12-16)7-9-20(18,19)10-8-15/h4-6,11H,3,7-10,12,16H2,1-2H3. The molecule has 1 heterocycles. The molecule has 1 aromatic carbocycles. The Morgan fingerprint density at radius 1 is 1.30 bits per heavy atom. The Bertz CT molecular complexity index is 555. The normalized spacial score (nSPS) is 20.6. The predicted octanol–water partition coefficient (Wildman–Crippen LogP) is 1.73. The summed E-state index contributed by atoms with van der Waals surface area (Å²) in [5.74, 6) is 0.485. The summed E-state index contributed by atoms with van der Waals surface area (Å²) in [5, 5.41) is 0. The van der Waals surface area contributed by atoms with Crippen molar-refractivity contribution in [1.29, 1.82) is 0 Å². The molecule has 112 valence electrons. The number of nitrogens with zero attached hydrogens (tertiary/aromatic N) is 1. The Morgan fingerprint density at radius 2 is 1.95 bits per heavy atom. The first-order chi connectivity index (χ1) is 9.42. The van der Waals surface area contributed by atoms with Gasteiger partial charge in [-0.2, -0.15) is 0 Å². The van der Waals surface area contributed by atoms with Crippen molar-refractivity contribution in [3.63, 3.8) is 0 Å². The monoisotopic (exact) mass is 296 g/mol. The van der Waals surface area contributed by atoms with Crippen molar-refractivity contribution in [2.45, 2.75) is 32.2 Å². The summed E-state index contributed by atoms with van der Waals surface area (Å²) < 4.78 is 23.4. The van der Waals surface area contributed by atoms with E-state index < -0.39 is 9.84 Å². The van der Waals surface area contributed by atoms with E-state index in [0.29, 0.717) is 19.4 Å². The van der Waals surface area contributed by atoms with Gasteiger partial charge in [-0.15, -0.1) is 0 Å². The Hall–Kier alpha value is -1.07. The van der Waals surface area contributed by atoms with Crippen molar-refractivity contribution in [2.24, 2.45) is 5.73 Å². The molecule has 0 atom stereocenters. The van der Waals surface area contributed by atoms with Crippen molar-refractivity contribution >= 4 is 15.5 Å². The highest BCUT2D eigenvalue weighted by Gasteiger charge is 2.40. The maximum Gasteiger partial charge on any atom is 0.150 e. The predicted molar refractivity (Wildman–Crippen MR) is 83.9 cm³/mol. The van der Waals surface area contributed by atoms with E-state index in [0.717, 1.165) is 12.2 Å². The second-order valence-electron chi connectivity index (χ2n) is 5.66. The number of hydrogen-bond acceptors (Lipinski definition) is 4. The highest BCUT2D eigenvalue weighted by atomic mass is 32.2. The van der Waals surface area contributed by atoms with E-state index in [-0.39, 0.29) is 17.0 Å². The Morgan fingerprint density at radius 3 is 2.45 bits per heavy atom. The minimum atomic E-state index is -2.88. The third kappa shape index (κ3) is 2.99. The fourth-order valence-corrected chi connectivity index (χ4v) is 4.68. The van der Waals surface area contributed by atoms with Crippen LogP contribution in [0.4, 0.5) is 5.69 Å². The van der Waals surface area contributed by atoms with Crippen molar-refractivity contribution < 1.29 is 8.42 Å². The minimum Gasteiger partial charge on any atom is -0.365 e. The van der Waals surface area contributed by atoms with Crippen LogP contribution in [0.1, 0.15) is 25.3 Å². The molecule has 4 nitrogen and oxygen atoms in total. The fourth-order valence-electron chi connectivity index (χ4n) is 3.09. The maximum atomic E-state index is 11.7. The van der Waals surface area contributed by atoms with Crippen molar-refractivity contribution in [3.8, 4) is 0 Å².